The molecule has 0 aliphatic rings. The van der Waals surface area contributed by atoms with Gasteiger partial charge in [-0.1, -0.05) is 51.8 Å². The molecule has 2 aromatic carbocycles. The molecule has 0 aromatic heterocycles. The first-order chi connectivity index (χ1) is 9.58. The van der Waals surface area contributed by atoms with Gasteiger partial charge in [0.1, 0.15) is 0 Å². The number of nitrogens with two attached hydrogens (primary N) is 1. The fourth-order valence-corrected chi connectivity index (χ4v) is 2.98. The van der Waals surface area contributed by atoms with Crippen molar-refractivity contribution in [3.05, 3.63) is 68.7 Å². The van der Waals surface area contributed by atoms with Crippen LogP contribution < -0.4 is 11.3 Å². The average molecular weight is 354 g/mol. The molecule has 4 heteroatoms. The number of nitrogens with one attached hydrogen (secondary N) is 1. The zero-order chi connectivity index (χ0) is 14.5. The SMILES string of the molecule is Cc1ccc(CC(Cc2cccc(Br)c2)NN)c(Cl)c1. The molecule has 0 fully saturated rings. The minimum absolute atomic E-state index is 0.157. The van der Waals surface area contributed by atoms with Gasteiger partial charge in [-0.3, -0.25) is 11.3 Å². The molecule has 0 heterocycles. The maximum Gasteiger partial charge on any atom is 0.0441 e. The Kier molecular flexibility index (Phi) is 5.61. The molecule has 0 saturated heterocycles. The van der Waals surface area contributed by atoms with Crippen LogP contribution in [0.15, 0.2) is 46.9 Å². The van der Waals surface area contributed by atoms with Crippen molar-refractivity contribution in [2.45, 2.75) is 25.8 Å². The van der Waals surface area contributed by atoms with Crippen molar-refractivity contribution in [2.24, 2.45) is 5.84 Å². The Labute approximate surface area is 133 Å². The van der Waals surface area contributed by atoms with Gasteiger partial charge in [-0.15, -0.1) is 0 Å². The summed E-state index contributed by atoms with van der Waals surface area (Å²) in [4.78, 5) is 0. The number of aryl methyl sites for hydroxylation is 1. The molecule has 106 valence electrons. The molecule has 2 nitrogen and oxygen atoms in total. The molecule has 20 heavy (non-hydrogen) atoms. The van der Waals surface area contributed by atoms with Gasteiger partial charge < -0.3 is 0 Å². The van der Waals surface area contributed by atoms with Gasteiger partial charge in [0.2, 0.25) is 0 Å². The van der Waals surface area contributed by atoms with Gasteiger partial charge in [0.05, 0.1) is 0 Å². The van der Waals surface area contributed by atoms with Crippen LogP contribution in [-0.2, 0) is 12.8 Å². The highest BCUT2D eigenvalue weighted by atomic mass is 79.9. The number of benzene rings is 2. The Morgan fingerprint density at radius 2 is 2.00 bits per heavy atom. The molecular formula is C16H18BrClN2. The van der Waals surface area contributed by atoms with Crippen molar-refractivity contribution in [1.29, 1.82) is 0 Å². The van der Waals surface area contributed by atoms with Gasteiger partial charge in [-0.05, 0) is 54.7 Å². The van der Waals surface area contributed by atoms with E-state index in [1.165, 1.54) is 11.1 Å². The largest absolute Gasteiger partial charge is 0.271 e. The van der Waals surface area contributed by atoms with Crippen molar-refractivity contribution in [2.75, 3.05) is 0 Å². The molecule has 3 N–H and O–H groups in total. The molecule has 2 rings (SSSR count). The summed E-state index contributed by atoms with van der Waals surface area (Å²) in [6.07, 6.45) is 1.67. The average Bonchev–Trinajstić information content (AvgIpc) is 2.41. The number of hydrogen-bond acceptors (Lipinski definition) is 2. The minimum atomic E-state index is 0.157. The Balaban J connectivity index is 2.09. The summed E-state index contributed by atoms with van der Waals surface area (Å²) in [7, 11) is 0. The molecule has 1 atom stereocenters. The lowest BCUT2D eigenvalue weighted by atomic mass is 9.99. The normalized spacial score (nSPS) is 12.4. The summed E-state index contributed by atoms with van der Waals surface area (Å²) in [6, 6.07) is 14.6. The second kappa shape index (κ2) is 7.23. The van der Waals surface area contributed by atoms with E-state index in [4.69, 9.17) is 17.4 Å². The first kappa shape index (κ1) is 15.5. The Morgan fingerprint density at radius 1 is 1.20 bits per heavy atom. The molecule has 0 spiro atoms. The summed E-state index contributed by atoms with van der Waals surface area (Å²) < 4.78 is 1.08. The molecule has 0 bridgehead atoms. The first-order valence-electron chi connectivity index (χ1n) is 6.54. The van der Waals surface area contributed by atoms with Gasteiger partial charge in [0.25, 0.3) is 0 Å². The second-order valence-electron chi connectivity index (χ2n) is 5.00. The van der Waals surface area contributed by atoms with Gasteiger partial charge in [-0.2, -0.15) is 0 Å². The van der Waals surface area contributed by atoms with Crippen molar-refractivity contribution in [3.63, 3.8) is 0 Å². The Bertz CT molecular complexity index is 586. The van der Waals surface area contributed by atoms with E-state index in [1.807, 2.05) is 25.1 Å². The van der Waals surface area contributed by atoms with Crippen LogP contribution in [0.5, 0.6) is 0 Å². The third-order valence-corrected chi connectivity index (χ3v) is 4.13. The van der Waals surface area contributed by atoms with E-state index in [9.17, 15) is 0 Å². The fourth-order valence-electron chi connectivity index (χ4n) is 2.22. The minimum Gasteiger partial charge on any atom is -0.271 e. The van der Waals surface area contributed by atoms with E-state index in [-0.39, 0.29) is 6.04 Å². The second-order valence-corrected chi connectivity index (χ2v) is 6.32. The lowest BCUT2D eigenvalue weighted by Crippen LogP contribution is -2.38. The summed E-state index contributed by atoms with van der Waals surface area (Å²) in [6.45, 7) is 2.04. The van der Waals surface area contributed by atoms with Crippen molar-refractivity contribution in [3.8, 4) is 0 Å². The molecule has 0 radical (unpaired) electrons. The lowest BCUT2D eigenvalue weighted by molar-refractivity contribution is 0.522. The van der Waals surface area contributed by atoms with Crippen LogP contribution >= 0.6 is 27.5 Å². The fraction of sp³-hybridized carbons (Fsp3) is 0.250. The lowest BCUT2D eigenvalue weighted by Gasteiger charge is -2.17. The van der Waals surface area contributed by atoms with Gasteiger partial charge in [0, 0.05) is 15.5 Å². The van der Waals surface area contributed by atoms with E-state index in [0.717, 1.165) is 27.9 Å². The van der Waals surface area contributed by atoms with Crippen LogP contribution in [0.4, 0.5) is 0 Å². The van der Waals surface area contributed by atoms with Crippen LogP contribution in [0, 0.1) is 6.92 Å². The molecule has 0 amide bonds. The predicted octanol–water partition coefficient (Wildman–Crippen LogP) is 4.03. The summed E-state index contributed by atoms with van der Waals surface area (Å²) in [5.41, 5.74) is 6.42. The number of hydrazine groups is 1. The van der Waals surface area contributed by atoms with E-state index in [2.05, 4.69) is 45.6 Å². The third kappa shape index (κ3) is 4.32. The van der Waals surface area contributed by atoms with Crippen molar-refractivity contribution >= 4 is 27.5 Å². The third-order valence-electron chi connectivity index (χ3n) is 3.28. The predicted molar refractivity (Wildman–Crippen MR) is 88.9 cm³/mol. The quantitative estimate of drug-likeness (QED) is 0.629. The summed E-state index contributed by atoms with van der Waals surface area (Å²) >= 11 is 9.77. The number of hydrogen-bond donors (Lipinski definition) is 2. The maximum atomic E-state index is 6.28. The summed E-state index contributed by atoms with van der Waals surface area (Å²) in [5, 5.41) is 0.805. The van der Waals surface area contributed by atoms with Gasteiger partial charge in [0.15, 0.2) is 0 Å². The highest BCUT2D eigenvalue weighted by Crippen LogP contribution is 2.20. The van der Waals surface area contributed by atoms with Crippen molar-refractivity contribution in [1.82, 2.24) is 5.43 Å². The van der Waals surface area contributed by atoms with Gasteiger partial charge >= 0.3 is 0 Å². The van der Waals surface area contributed by atoms with E-state index in [0.29, 0.717) is 0 Å². The highest BCUT2D eigenvalue weighted by molar-refractivity contribution is 9.10. The molecular weight excluding hydrogens is 336 g/mol. The molecule has 0 aliphatic heterocycles. The van der Waals surface area contributed by atoms with Crippen LogP contribution in [0.25, 0.3) is 0 Å². The number of halogens is 2. The topological polar surface area (TPSA) is 38.0 Å². The van der Waals surface area contributed by atoms with Crippen LogP contribution in [0.2, 0.25) is 5.02 Å². The van der Waals surface area contributed by atoms with Crippen LogP contribution in [-0.4, -0.2) is 6.04 Å². The van der Waals surface area contributed by atoms with Crippen LogP contribution in [0.3, 0.4) is 0 Å². The molecule has 2 aromatic rings. The zero-order valence-corrected chi connectivity index (χ0v) is 13.7. The molecule has 1 unspecified atom stereocenters. The van der Waals surface area contributed by atoms with E-state index >= 15 is 0 Å². The maximum absolute atomic E-state index is 6.28. The zero-order valence-electron chi connectivity index (χ0n) is 11.4. The Hall–Kier alpha value is -0.870. The Morgan fingerprint density at radius 3 is 2.65 bits per heavy atom. The molecule has 0 saturated carbocycles. The highest BCUT2D eigenvalue weighted by Gasteiger charge is 2.11. The van der Waals surface area contributed by atoms with E-state index < -0.39 is 0 Å². The van der Waals surface area contributed by atoms with Crippen LogP contribution in [0.1, 0.15) is 16.7 Å². The van der Waals surface area contributed by atoms with Gasteiger partial charge in [-0.25, -0.2) is 0 Å². The van der Waals surface area contributed by atoms with E-state index in [1.54, 1.807) is 0 Å². The standard InChI is InChI=1S/C16H18BrClN2/c1-11-5-6-13(16(18)7-11)10-15(20-19)9-12-3-2-4-14(17)8-12/h2-8,15,20H,9-10,19H2,1H3. The smallest absolute Gasteiger partial charge is 0.0441 e. The number of rotatable bonds is 5. The first-order valence-corrected chi connectivity index (χ1v) is 7.71. The summed E-state index contributed by atoms with van der Waals surface area (Å²) in [5.74, 6) is 5.68. The monoisotopic (exact) mass is 352 g/mol. The van der Waals surface area contributed by atoms with Crippen molar-refractivity contribution < 1.29 is 0 Å². The molecule has 0 aliphatic carbocycles.